The molecule has 0 saturated carbocycles. The summed E-state index contributed by atoms with van der Waals surface area (Å²) < 4.78 is 24.8. The predicted octanol–water partition coefficient (Wildman–Crippen LogP) is 5.30. The van der Waals surface area contributed by atoms with Crippen LogP contribution in [-0.4, -0.2) is 37.7 Å². The second-order valence-electron chi connectivity index (χ2n) is 8.13. The molecule has 1 atom stereocenters. The van der Waals surface area contributed by atoms with Crippen molar-refractivity contribution in [2.24, 2.45) is 4.99 Å². The van der Waals surface area contributed by atoms with Crippen molar-refractivity contribution >= 4 is 23.6 Å². The molecule has 1 aliphatic rings. The molecule has 1 aliphatic heterocycles. The number of hydrogen-bond donors (Lipinski definition) is 1. The summed E-state index contributed by atoms with van der Waals surface area (Å²) in [4.78, 5) is 16.0. The Morgan fingerprint density at radius 1 is 1.26 bits per heavy atom. The van der Waals surface area contributed by atoms with Crippen LogP contribution in [0.5, 0.6) is 0 Å². The van der Waals surface area contributed by atoms with Gasteiger partial charge in [-0.05, 0) is 80.6 Å². The fraction of sp³-hybridized carbons (Fsp3) is 0.360. The second-order valence-corrected chi connectivity index (χ2v) is 8.13. The lowest BCUT2D eigenvalue weighted by molar-refractivity contribution is -0.142. The van der Waals surface area contributed by atoms with Gasteiger partial charge in [-0.1, -0.05) is 18.2 Å². The van der Waals surface area contributed by atoms with Gasteiger partial charge in [0.15, 0.2) is 6.04 Å². The van der Waals surface area contributed by atoms with Crippen LogP contribution >= 0.6 is 0 Å². The quantitative estimate of drug-likeness (QED) is 0.639. The molecule has 0 aliphatic carbocycles. The zero-order valence-corrected chi connectivity index (χ0v) is 18.9. The summed E-state index contributed by atoms with van der Waals surface area (Å²) in [5.74, 6) is -0.215. The van der Waals surface area contributed by atoms with Crippen molar-refractivity contribution in [2.45, 2.75) is 46.7 Å². The van der Waals surface area contributed by atoms with E-state index in [1.54, 1.807) is 12.1 Å². The van der Waals surface area contributed by atoms with E-state index in [0.29, 0.717) is 11.6 Å². The van der Waals surface area contributed by atoms with Crippen LogP contribution in [0.15, 0.2) is 40.9 Å². The molecule has 5 nitrogen and oxygen atoms in total. The van der Waals surface area contributed by atoms with Crippen molar-refractivity contribution in [3.05, 3.63) is 58.4 Å². The van der Waals surface area contributed by atoms with Gasteiger partial charge in [-0.2, -0.15) is 0 Å². The van der Waals surface area contributed by atoms with Gasteiger partial charge < -0.3 is 14.8 Å². The van der Waals surface area contributed by atoms with Gasteiger partial charge in [-0.3, -0.25) is 0 Å². The Balaban J connectivity index is 1.88. The summed E-state index contributed by atoms with van der Waals surface area (Å²) in [6, 6.07) is 8.97. The monoisotopic (exact) mass is 424 g/mol. The molecule has 0 unspecified atom stereocenters. The molecule has 1 N–H and O–H groups in total. The first kappa shape index (κ1) is 22.5. The third-order valence-corrected chi connectivity index (χ3v) is 5.17. The standard InChI is InChI=1S/C25H29FN2O3/c1-14(2)27-22-8-7-18(12-21(22)26)20-11-15(3)19(9-16(20)4)10-17(5)24-28-23(13-31-24)25(29)30-6/h7-12,14,23,27H,13H2,1-6H3/b17-10+/t23-/m1/s1. The molecule has 0 aromatic heterocycles. The van der Waals surface area contributed by atoms with Gasteiger partial charge >= 0.3 is 5.97 Å². The molecule has 164 valence electrons. The molecule has 6 heteroatoms. The van der Waals surface area contributed by atoms with Crippen LogP contribution in [0.1, 0.15) is 37.5 Å². The fourth-order valence-corrected chi connectivity index (χ4v) is 3.56. The maximum atomic E-state index is 14.5. The van der Waals surface area contributed by atoms with E-state index in [0.717, 1.165) is 33.4 Å². The Hall–Kier alpha value is -3.15. The zero-order valence-electron chi connectivity index (χ0n) is 18.9. The van der Waals surface area contributed by atoms with Gasteiger partial charge in [0.25, 0.3) is 0 Å². The van der Waals surface area contributed by atoms with Gasteiger partial charge in [0.05, 0.1) is 12.8 Å². The van der Waals surface area contributed by atoms with E-state index >= 15 is 0 Å². The van der Waals surface area contributed by atoms with Crippen molar-refractivity contribution in [2.75, 3.05) is 19.0 Å². The van der Waals surface area contributed by atoms with E-state index < -0.39 is 12.0 Å². The minimum Gasteiger partial charge on any atom is -0.475 e. The summed E-state index contributed by atoms with van der Waals surface area (Å²) in [6.07, 6.45) is 1.99. The minimum absolute atomic E-state index is 0.162. The van der Waals surface area contributed by atoms with Crippen LogP contribution in [-0.2, 0) is 14.3 Å². The Kier molecular flexibility index (Phi) is 6.78. The highest BCUT2D eigenvalue weighted by atomic mass is 19.1. The lowest BCUT2D eigenvalue weighted by Gasteiger charge is -2.14. The lowest BCUT2D eigenvalue weighted by atomic mass is 9.94. The maximum Gasteiger partial charge on any atom is 0.334 e. The van der Waals surface area contributed by atoms with Crippen LogP contribution in [0.2, 0.25) is 0 Å². The molecule has 31 heavy (non-hydrogen) atoms. The molecule has 1 heterocycles. The molecule has 0 spiro atoms. The molecule has 0 fully saturated rings. The Morgan fingerprint density at radius 3 is 2.65 bits per heavy atom. The molecule has 0 radical (unpaired) electrons. The van der Waals surface area contributed by atoms with E-state index in [9.17, 15) is 9.18 Å². The van der Waals surface area contributed by atoms with E-state index in [1.807, 2.05) is 46.8 Å². The van der Waals surface area contributed by atoms with Crippen molar-refractivity contribution in [1.29, 1.82) is 0 Å². The third-order valence-electron chi connectivity index (χ3n) is 5.17. The normalized spacial score (nSPS) is 16.2. The van der Waals surface area contributed by atoms with Crippen LogP contribution in [0.3, 0.4) is 0 Å². The van der Waals surface area contributed by atoms with Gasteiger partial charge in [0.2, 0.25) is 5.90 Å². The van der Waals surface area contributed by atoms with E-state index in [1.165, 1.54) is 7.11 Å². The number of nitrogens with one attached hydrogen (secondary N) is 1. The second kappa shape index (κ2) is 9.33. The first-order valence-corrected chi connectivity index (χ1v) is 10.3. The molecule has 2 aromatic rings. The number of anilines is 1. The maximum absolute atomic E-state index is 14.5. The number of carbonyl (C=O) groups excluding carboxylic acids is 1. The van der Waals surface area contributed by atoms with Gasteiger partial charge in [-0.15, -0.1) is 0 Å². The predicted molar refractivity (Wildman–Crippen MR) is 123 cm³/mol. The SMILES string of the molecule is COC(=O)[C@H]1COC(/C(C)=C/c2cc(C)c(-c3ccc(NC(C)C)c(F)c3)cc2C)=N1. The number of halogens is 1. The first-order valence-electron chi connectivity index (χ1n) is 10.3. The molecular weight excluding hydrogens is 395 g/mol. The Labute approximate surface area is 183 Å². The van der Waals surface area contributed by atoms with E-state index in [2.05, 4.69) is 22.4 Å². The van der Waals surface area contributed by atoms with Gasteiger partial charge in [-0.25, -0.2) is 14.2 Å². The average Bonchev–Trinajstić information content (AvgIpc) is 3.21. The largest absolute Gasteiger partial charge is 0.475 e. The molecule has 0 bridgehead atoms. The van der Waals surface area contributed by atoms with Crippen molar-refractivity contribution in [3.8, 4) is 11.1 Å². The summed E-state index contributed by atoms with van der Waals surface area (Å²) in [7, 11) is 1.34. The van der Waals surface area contributed by atoms with E-state index in [-0.39, 0.29) is 18.5 Å². The highest BCUT2D eigenvalue weighted by Crippen LogP contribution is 2.30. The summed E-state index contributed by atoms with van der Waals surface area (Å²) >= 11 is 0. The lowest BCUT2D eigenvalue weighted by Crippen LogP contribution is -2.21. The number of aryl methyl sites for hydroxylation is 2. The number of esters is 1. The highest BCUT2D eigenvalue weighted by molar-refractivity contribution is 6.00. The minimum atomic E-state index is -0.614. The average molecular weight is 425 g/mol. The summed E-state index contributed by atoms with van der Waals surface area (Å²) in [5.41, 5.74) is 6.27. The van der Waals surface area contributed by atoms with Gasteiger partial charge in [0, 0.05) is 11.6 Å². The Morgan fingerprint density at radius 2 is 2.00 bits per heavy atom. The molecule has 0 saturated heterocycles. The van der Waals surface area contributed by atoms with Crippen LogP contribution in [0, 0.1) is 19.7 Å². The molecule has 3 rings (SSSR count). The summed E-state index contributed by atoms with van der Waals surface area (Å²) in [5, 5.41) is 3.11. The number of nitrogens with zero attached hydrogens (tertiary/aromatic N) is 1. The van der Waals surface area contributed by atoms with Crippen LogP contribution < -0.4 is 5.32 Å². The molecule has 2 aromatic carbocycles. The highest BCUT2D eigenvalue weighted by Gasteiger charge is 2.27. The van der Waals surface area contributed by atoms with Crippen LogP contribution in [0.4, 0.5) is 10.1 Å². The van der Waals surface area contributed by atoms with Gasteiger partial charge in [0.1, 0.15) is 12.4 Å². The smallest absolute Gasteiger partial charge is 0.334 e. The number of benzene rings is 2. The number of carbonyl (C=O) groups is 1. The molecule has 0 amide bonds. The Bertz CT molecular complexity index is 1060. The fourth-order valence-electron chi connectivity index (χ4n) is 3.56. The topological polar surface area (TPSA) is 59.9 Å². The molecular formula is C25H29FN2O3. The third kappa shape index (κ3) is 5.13. The number of hydrogen-bond acceptors (Lipinski definition) is 5. The number of rotatable bonds is 6. The van der Waals surface area contributed by atoms with Crippen LogP contribution in [0.25, 0.3) is 17.2 Å². The number of ether oxygens (including phenoxy) is 2. The van der Waals surface area contributed by atoms with Crippen molar-refractivity contribution < 1.29 is 18.7 Å². The van der Waals surface area contributed by atoms with Crippen molar-refractivity contribution in [1.82, 2.24) is 0 Å². The summed E-state index contributed by atoms with van der Waals surface area (Å²) in [6.45, 7) is 10.1. The van der Waals surface area contributed by atoms with E-state index in [4.69, 9.17) is 9.47 Å². The number of aliphatic imine (C=N–C) groups is 1. The first-order chi connectivity index (χ1) is 14.7. The number of methoxy groups -OCH3 is 1. The zero-order chi connectivity index (χ0) is 22.7. The van der Waals surface area contributed by atoms with Crippen molar-refractivity contribution in [3.63, 3.8) is 0 Å².